The van der Waals surface area contributed by atoms with E-state index in [1.807, 2.05) is 18.2 Å². The number of anilines is 1. The van der Waals surface area contributed by atoms with E-state index in [-0.39, 0.29) is 42.3 Å². The summed E-state index contributed by atoms with van der Waals surface area (Å²) in [6.07, 6.45) is 3.70. The van der Waals surface area contributed by atoms with Crippen molar-refractivity contribution in [1.29, 1.82) is 5.26 Å². The number of hydrogen-bond acceptors (Lipinski definition) is 4. The maximum atomic E-state index is 13.6. The van der Waals surface area contributed by atoms with Crippen LogP contribution < -0.4 is 10.6 Å². The van der Waals surface area contributed by atoms with Gasteiger partial charge < -0.3 is 15.5 Å². The zero-order valence-corrected chi connectivity index (χ0v) is 17.6. The zero-order valence-electron chi connectivity index (χ0n) is 16.8. The molecule has 2 bridgehead atoms. The van der Waals surface area contributed by atoms with Crippen molar-refractivity contribution in [1.82, 2.24) is 10.2 Å². The highest BCUT2D eigenvalue weighted by Gasteiger charge is 2.52. The average Bonchev–Trinajstić information content (AvgIpc) is 3.14. The summed E-state index contributed by atoms with van der Waals surface area (Å²) in [5.74, 6) is -0.186. The highest BCUT2D eigenvalue weighted by molar-refractivity contribution is 6.30. The summed E-state index contributed by atoms with van der Waals surface area (Å²) < 4.78 is 13.6. The molecule has 2 amide bonds. The first-order valence-electron chi connectivity index (χ1n) is 10.5. The number of nitriles is 1. The highest BCUT2D eigenvalue weighted by Crippen LogP contribution is 2.52. The van der Waals surface area contributed by atoms with E-state index in [1.54, 1.807) is 12.1 Å². The molecule has 2 atom stereocenters. The molecule has 30 heavy (non-hydrogen) atoms. The number of amides is 2. The molecule has 1 aromatic carbocycles. The van der Waals surface area contributed by atoms with Gasteiger partial charge in [0.2, 0.25) is 11.8 Å². The molecule has 2 N–H and O–H groups in total. The van der Waals surface area contributed by atoms with Crippen LogP contribution in [-0.4, -0.2) is 47.6 Å². The molecule has 160 valence electrons. The van der Waals surface area contributed by atoms with E-state index < -0.39 is 12.2 Å². The predicted octanol–water partition coefficient (Wildman–Crippen LogP) is 3.42. The van der Waals surface area contributed by atoms with Gasteiger partial charge in [-0.3, -0.25) is 9.59 Å². The van der Waals surface area contributed by atoms with E-state index in [2.05, 4.69) is 10.6 Å². The number of carbonyl (C=O) groups is 2. The first-order valence-corrected chi connectivity index (χ1v) is 10.9. The van der Waals surface area contributed by atoms with E-state index in [0.717, 1.165) is 38.5 Å². The standard InChI is InChI=1S/C22H26ClFN4O2/c23-15-2-1-3-17(10-15)27-20(30)21-4-7-22(8-5-21,9-6-21)26-13-19(29)28-14-16(24)11-18(28)12-25/h1-3,10,16,18,26H,4-9,11,13-14H2,(H,27,30). The summed E-state index contributed by atoms with van der Waals surface area (Å²) in [5.41, 5.74) is 0.166. The van der Waals surface area contributed by atoms with Crippen molar-refractivity contribution in [3.8, 4) is 6.07 Å². The minimum Gasteiger partial charge on any atom is -0.326 e. The fourth-order valence-corrected chi connectivity index (χ4v) is 5.36. The predicted molar refractivity (Wildman–Crippen MR) is 112 cm³/mol. The largest absolute Gasteiger partial charge is 0.326 e. The van der Waals surface area contributed by atoms with Gasteiger partial charge in [0.1, 0.15) is 12.2 Å². The van der Waals surface area contributed by atoms with Crippen LogP contribution in [0.5, 0.6) is 0 Å². The lowest BCUT2D eigenvalue weighted by Crippen LogP contribution is -2.59. The molecule has 4 fully saturated rings. The fraction of sp³-hybridized carbons (Fsp3) is 0.591. The zero-order chi connectivity index (χ0) is 21.4. The summed E-state index contributed by atoms with van der Waals surface area (Å²) in [6.45, 7) is 0.102. The molecule has 4 aliphatic rings. The summed E-state index contributed by atoms with van der Waals surface area (Å²) in [6, 6.07) is 8.50. The van der Waals surface area contributed by atoms with Gasteiger partial charge in [0.15, 0.2) is 0 Å². The lowest BCUT2D eigenvalue weighted by Gasteiger charge is -2.52. The van der Waals surface area contributed by atoms with Crippen LogP contribution in [0.3, 0.4) is 0 Å². The first-order chi connectivity index (χ1) is 14.3. The molecule has 0 aromatic heterocycles. The lowest BCUT2D eigenvalue weighted by atomic mass is 9.57. The Kier molecular flexibility index (Phi) is 5.73. The SMILES string of the molecule is N#CC1CC(F)CN1C(=O)CNC12CCC(C(=O)Nc3cccc(Cl)c3)(CC1)CC2. The number of benzene rings is 1. The topological polar surface area (TPSA) is 85.2 Å². The van der Waals surface area contributed by atoms with Crippen LogP contribution in [0.1, 0.15) is 44.9 Å². The molecule has 5 rings (SSSR count). The van der Waals surface area contributed by atoms with Crippen LogP contribution in [0, 0.1) is 16.7 Å². The van der Waals surface area contributed by atoms with Gasteiger partial charge in [0, 0.05) is 28.1 Å². The average molecular weight is 433 g/mol. The molecule has 3 aliphatic carbocycles. The number of nitrogens with zero attached hydrogens (tertiary/aromatic N) is 2. The highest BCUT2D eigenvalue weighted by atomic mass is 35.5. The summed E-state index contributed by atoms with van der Waals surface area (Å²) in [4.78, 5) is 26.9. The molecular weight excluding hydrogens is 407 g/mol. The number of rotatable bonds is 5. The molecule has 1 saturated heterocycles. The van der Waals surface area contributed by atoms with Gasteiger partial charge in [-0.25, -0.2) is 4.39 Å². The van der Waals surface area contributed by atoms with E-state index in [4.69, 9.17) is 16.9 Å². The van der Waals surface area contributed by atoms with Crippen molar-refractivity contribution in [2.24, 2.45) is 5.41 Å². The van der Waals surface area contributed by atoms with E-state index in [9.17, 15) is 14.0 Å². The van der Waals surface area contributed by atoms with Crippen molar-refractivity contribution in [3.63, 3.8) is 0 Å². The maximum Gasteiger partial charge on any atom is 0.237 e. The Balaban J connectivity index is 1.33. The second-order valence-electron chi connectivity index (χ2n) is 8.90. The van der Waals surface area contributed by atoms with Crippen molar-refractivity contribution < 1.29 is 14.0 Å². The first kappa shape index (κ1) is 21.1. The maximum absolute atomic E-state index is 13.6. The number of nitrogens with one attached hydrogen (secondary N) is 2. The number of alkyl halides is 1. The summed E-state index contributed by atoms with van der Waals surface area (Å²) in [5, 5.41) is 16.1. The molecule has 3 saturated carbocycles. The number of hydrogen-bond donors (Lipinski definition) is 2. The Bertz CT molecular complexity index is 862. The number of likely N-dealkylation sites (tertiary alicyclic amines) is 1. The number of halogens is 2. The summed E-state index contributed by atoms with van der Waals surface area (Å²) in [7, 11) is 0. The second-order valence-corrected chi connectivity index (χ2v) is 9.34. The number of carbonyl (C=O) groups excluding carboxylic acids is 2. The van der Waals surface area contributed by atoms with E-state index in [1.165, 1.54) is 4.90 Å². The lowest BCUT2D eigenvalue weighted by molar-refractivity contribution is -0.135. The quantitative estimate of drug-likeness (QED) is 0.746. The van der Waals surface area contributed by atoms with E-state index in [0.29, 0.717) is 10.7 Å². The Morgan fingerprint density at radius 3 is 2.57 bits per heavy atom. The normalized spacial score (nSPS) is 32.6. The summed E-state index contributed by atoms with van der Waals surface area (Å²) >= 11 is 6.01. The van der Waals surface area contributed by atoms with Gasteiger partial charge >= 0.3 is 0 Å². The van der Waals surface area contributed by atoms with Crippen LogP contribution in [0.25, 0.3) is 0 Å². The Morgan fingerprint density at radius 1 is 1.23 bits per heavy atom. The Hall–Kier alpha value is -2.17. The van der Waals surface area contributed by atoms with Crippen molar-refractivity contribution >= 4 is 29.1 Å². The third kappa shape index (κ3) is 4.03. The molecule has 8 heteroatoms. The van der Waals surface area contributed by atoms with Crippen LogP contribution >= 0.6 is 11.6 Å². The molecule has 1 aliphatic heterocycles. The molecular formula is C22H26ClFN4O2. The van der Waals surface area contributed by atoms with Gasteiger partial charge in [-0.15, -0.1) is 0 Å². The molecule has 1 heterocycles. The van der Waals surface area contributed by atoms with Crippen molar-refractivity contribution in [2.45, 2.75) is 62.7 Å². The van der Waals surface area contributed by atoms with Crippen LogP contribution in [0.2, 0.25) is 5.02 Å². The van der Waals surface area contributed by atoms with Gasteiger partial charge in [0.25, 0.3) is 0 Å². The van der Waals surface area contributed by atoms with Crippen molar-refractivity contribution in [2.75, 3.05) is 18.4 Å². The van der Waals surface area contributed by atoms with Gasteiger partial charge in [-0.1, -0.05) is 17.7 Å². The Morgan fingerprint density at radius 2 is 1.93 bits per heavy atom. The van der Waals surface area contributed by atoms with Gasteiger partial charge in [0.05, 0.1) is 19.2 Å². The van der Waals surface area contributed by atoms with Crippen LogP contribution in [-0.2, 0) is 9.59 Å². The van der Waals surface area contributed by atoms with E-state index >= 15 is 0 Å². The van der Waals surface area contributed by atoms with Gasteiger partial charge in [-0.2, -0.15) is 5.26 Å². The smallest absolute Gasteiger partial charge is 0.237 e. The second kappa shape index (κ2) is 8.16. The molecule has 0 radical (unpaired) electrons. The van der Waals surface area contributed by atoms with Gasteiger partial charge in [-0.05, 0) is 56.7 Å². The van der Waals surface area contributed by atoms with Crippen LogP contribution in [0.4, 0.5) is 10.1 Å². The van der Waals surface area contributed by atoms with Crippen molar-refractivity contribution in [3.05, 3.63) is 29.3 Å². The molecule has 0 spiro atoms. The Labute approximate surface area is 180 Å². The third-order valence-electron chi connectivity index (χ3n) is 7.14. The third-order valence-corrected chi connectivity index (χ3v) is 7.38. The minimum atomic E-state index is -1.13. The minimum absolute atomic E-state index is 0.00146. The monoisotopic (exact) mass is 432 g/mol. The molecule has 1 aromatic rings. The molecule has 6 nitrogen and oxygen atoms in total. The van der Waals surface area contributed by atoms with Crippen LogP contribution in [0.15, 0.2) is 24.3 Å². The fourth-order valence-electron chi connectivity index (χ4n) is 5.17. The molecule has 2 unspecified atom stereocenters. The number of fused-ring (bicyclic) bond motifs is 3.